The fraction of sp³-hybridized carbons (Fsp3) is 0.130. The second-order valence-corrected chi connectivity index (χ2v) is 11.0. The van der Waals surface area contributed by atoms with E-state index >= 15 is 0 Å². The predicted molar refractivity (Wildman–Crippen MR) is 133 cm³/mol. The Bertz CT molecular complexity index is 1570. The highest BCUT2D eigenvalue weighted by molar-refractivity contribution is 8.42. The van der Waals surface area contributed by atoms with Crippen molar-refractivity contribution >= 4 is 59.7 Å². The summed E-state index contributed by atoms with van der Waals surface area (Å²) in [6.45, 7) is 3.94. The van der Waals surface area contributed by atoms with Crippen molar-refractivity contribution < 1.29 is 13.2 Å². The Balaban J connectivity index is 1.60. The van der Waals surface area contributed by atoms with Crippen molar-refractivity contribution in [3.05, 3.63) is 71.1 Å². The fourth-order valence-electron chi connectivity index (χ4n) is 3.99. The van der Waals surface area contributed by atoms with Gasteiger partial charge in [0.1, 0.15) is 0 Å². The standard InChI is InChI=1S/C23H19N5O3S2/c1-13-11-16(14(2)27(13)19-10-6-8-15-7-4-5-9-17(15)19)12-18-20(24)28-22(25-21(18)29)32-23(26-28)33(3,30)31/h4-12,24H,1-3H3/b18-12-,24-20?. The Kier molecular flexibility index (Phi) is 4.87. The number of aryl methyl sites for hydroxylation is 1. The van der Waals surface area contributed by atoms with Gasteiger partial charge in [-0.15, -0.1) is 5.10 Å². The van der Waals surface area contributed by atoms with E-state index in [0.29, 0.717) is 0 Å². The third kappa shape index (κ3) is 3.51. The monoisotopic (exact) mass is 477 g/mol. The molecule has 0 radical (unpaired) electrons. The number of nitrogens with zero attached hydrogens (tertiary/aromatic N) is 4. The molecular formula is C23H19N5O3S2. The summed E-state index contributed by atoms with van der Waals surface area (Å²) in [4.78, 5) is 16.7. The fourth-order valence-corrected chi connectivity index (χ4v) is 5.67. The molecule has 0 saturated carbocycles. The minimum atomic E-state index is -3.58. The van der Waals surface area contributed by atoms with Gasteiger partial charge in [0.25, 0.3) is 5.91 Å². The number of carbonyl (C=O) groups excluding carboxylic acids is 1. The molecule has 3 aromatic rings. The lowest BCUT2D eigenvalue weighted by molar-refractivity contribution is -0.114. The molecule has 0 aliphatic carbocycles. The molecule has 2 aromatic carbocycles. The zero-order valence-corrected chi connectivity index (χ0v) is 19.7. The SMILES string of the molecule is Cc1cc(/C=C2/C(=N)N3N=C(S(C)(=O)=O)SC3=NC2=O)c(C)n1-c1cccc2ccccc12. The average Bonchev–Trinajstić information content (AvgIpc) is 3.32. The van der Waals surface area contributed by atoms with Crippen LogP contribution < -0.4 is 0 Å². The Morgan fingerprint density at radius 3 is 2.58 bits per heavy atom. The molecule has 0 bridgehead atoms. The summed E-state index contributed by atoms with van der Waals surface area (Å²) >= 11 is 0.770. The minimum absolute atomic E-state index is 0.0519. The van der Waals surface area contributed by atoms with Crippen molar-refractivity contribution in [2.75, 3.05) is 6.26 Å². The number of amidine groups is 2. The van der Waals surface area contributed by atoms with Crippen molar-refractivity contribution in [1.29, 1.82) is 5.41 Å². The van der Waals surface area contributed by atoms with Gasteiger partial charge in [-0.25, -0.2) is 8.42 Å². The number of amides is 1. The number of thioether (sulfide) groups is 1. The van der Waals surface area contributed by atoms with E-state index in [1.807, 2.05) is 44.2 Å². The smallest absolute Gasteiger partial charge is 0.283 e. The van der Waals surface area contributed by atoms with Crippen LogP contribution in [0, 0.1) is 19.3 Å². The third-order valence-corrected chi connectivity index (χ3v) is 8.11. The number of aromatic nitrogens is 1. The van der Waals surface area contributed by atoms with Crippen LogP contribution in [0.15, 0.2) is 64.2 Å². The summed E-state index contributed by atoms with van der Waals surface area (Å²) in [5, 5.41) is 15.9. The van der Waals surface area contributed by atoms with E-state index in [1.165, 1.54) is 0 Å². The van der Waals surface area contributed by atoms with Crippen molar-refractivity contribution in [3.63, 3.8) is 0 Å². The van der Waals surface area contributed by atoms with E-state index in [1.54, 1.807) is 6.08 Å². The van der Waals surface area contributed by atoms with Gasteiger partial charge in [-0.3, -0.25) is 10.2 Å². The highest BCUT2D eigenvalue weighted by atomic mass is 32.3. The number of benzene rings is 2. The van der Waals surface area contributed by atoms with Crippen LogP contribution in [0.4, 0.5) is 0 Å². The number of rotatable bonds is 2. The molecule has 166 valence electrons. The molecule has 8 nitrogen and oxygen atoms in total. The normalized spacial score (nSPS) is 17.5. The first-order valence-electron chi connectivity index (χ1n) is 10.0. The number of carbonyl (C=O) groups is 1. The summed E-state index contributed by atoms with van der Waals surface area (Å²) in [5.74, 6) is -0.801. The topological polar surface area (TPSA) is 108 Å². The Morgan fingerprint density at radius 2 is 1.82 bits per heavy atom. The molecule has 0 fully saturated rings. The molecule has 0 saturated heterocycles. The molecule has 2 aliphatic heterocycles. The number of nitrogens with one attached hydrogen (secondary N) is 1. The van der Waals surface area contributed by atoms with Gasteiger partial charge in [-0.1, -0.05) is 36.4 Å². The second kappa shape index (κ2) is 7.53. The maximum absolute atomic E-state index is 12.7. The van der Waals surface area contributed by atoms with Crippen LogP contribution in [0.2, 0.25) is 0 Å². The lowest BCUT2D eigenvalue weighted by atomic mass is 10.1. The van der Waals surface area contributed by atoms with E-state index in [0.717, 1.165) is 56.4 Å². The average molecular weight is 478 g/mol. The Labute approximate surface area is 194 Å². The molecule has 2 aliphatic rings. The lowest BCUT2D eigenvalue weighted by Crippen LogP contribution is -2.35. The van der Waals surface area contributed by atoms with E-state index in [-0.39, 0.29) is 21.0 Å². The first kappa shape index (κ1) is 21.4. The van der Waals surface area contributed by atoms with Gasteiger partial charge in [0.2, 0.25) is 19.4 Å². The van der Waals surface area contributed by atoms with Crippen LogP contribution in [0.1, 0.15) is 17.0 Å². The number of aliphatic imine (C=N–C) groups is 1. The van der Waals surface area contributed by atoms with Crippen LogP contribution in [0.5, 0.6) is 0 Å². The predicted octanol–water partition coefficient (Wildman–Crippen LogP) is 3.87. The van der Waals surface area contributed by atoms with Crippen LogP contribution in [0.3, 0.4) is 0 Å². The summed E-state index contributed by atoms with van der Waals surface area (Å²) < 4.78 is 25.6. The highest BCUT2D eigenvalue weighted by Crippen LogP contribution is 2.32. The number of hydrazone groups is 1. The van der Waals surface area contributed by atoms with Crippen LogP contribution >= 0.6 is 11.8 Å². The molecule has 10 heteroatoms. The van der Waals surface area contributed by atoms with Gasteiger partial charge >= 0.3 is 0 Å². The van der Waals surface area contributed by atoms with Crippen molar-refractivity contribution in [3.8, 4) is 5.69 Å². The largest absolute Gasteiger partial charge is 0.317 e. The first-order valence-corrected chi connectivity index (χ1v) is 12.7. The van der Waals surface area contributed by atoms with Gasteiger partial charge < -0.3 is 4.57 Å². The second-order valence-electron chi connectivity index (χ2n) is 7.82. The number of hydrogen-bond acceptors (Lipinski definition) is 6. The van der Waals surface area contributed by atoms with Gasteiger partial charge in [0.05, 0.1) is 11.3 Å². The van der Waals surface area contributed by atoms with E-state index in [9.17, 15) is 13.2 Å². The molecule has 33 heavy (non-hydrogen) atoms. The molecule has 0 unspecified atom stereocenters. The third-order valence-electron chi connectivity index (χ3n) is 5.53. The van der Waals surface area contributed by atoms with Gasteiger partial charge in [0.15, 0.2) is 5.84 Å². The van der Waals surface area contributed by atoms with Crippen LogP contribution in [0.25, 0.3) is 22.5 Å². The summed E-state index contributed by atoms with van der Waals surface area (Å²) in [6.07, 6.45) is 2.65. The van der Waals surface area contributed by atoms with E-state index in [4.69, 9.17) is 5.41 Å². The number of hydrogen-bond donors (Lipinski definition) is 1. The maximum Gasteiger partial charge on any atom is 0.283 e. The quantitative estimate of drug-likeness (QED) is 0.564. The van der Waals surface area contributed by atoms with E-state index in [2.05, 4.69) is 32.9 Å². The summed E-state index contributed by atoms with van der Waals surface area (Å²) in [7, 11) is -3.58. The van der Waals surface area contributed by atoms with Crippen LogP contribution in [-0.4, -0.2) is 45.5 Å². The molecule has 0 spiro atoms. The van der Waals surface area contributed by atoms with Gasteiger partial charge in [-0.2, -0.15) is 10.0 Å². The van der Waals surface area contributed by atoms with Crippen LogP contribution in [-0.2, 0) is 14.6 Å². The summed E-state index contributed by atoms with van der Waals surface area (Å²) in [5.41, 5.74) is 3.73. The van der Waals surface area contributed by atoms with Gasteiger partial charge in [-0.05, 0) is 54.8 Å². The molecule has 1 amide bonds. The maximum atomic E-state index is 12.7. The zero-order chi connectivity index (χ0) is 23.5. The lowest BCUT2D eigenvalue weighted by Gasteiger charge is -2.20. The first-order chi connectivity index (χ1) is 15.6. The molecule has 3 heterocycles. The van der Waals surface area contributed by atoms with Gasteiger partial charge in [0, 0.05) is 23.0 Å². The van der Waals surface area contributed by atoms with E-state index < -0.39 is 15.7 Å². The summed E-state index contributed by atoms with van der Waals surface area (Å²) in [6, 6.07) is 16.2. The Morgan fingerprint density at radius 1 is 1.09 bits per heavy atom. The zero-order valence-electron chi connectivity index (χ0n) is 18.0. The number of fused-ring (bicyclic) bond motifs is 2. The highest BCUT2D eigenvalue weighted by Gasteiger charge is 2.38. The van der Waals surface area contributed by atoms with Crippen molar-refractivity contribution in [1.82, 2.24) is 9.58 Å². The molecule has 1 aromatic heterocycles. The van der Waals surface area contributed by atoms with Crippen molar-refractivity contribution in [2.45, 2.75) is 13.8 Å². The van der Waals surface area contributed by atoms with Crippen molar-refractivity contribution in [2.24, 2.45) is 10.1 Å². The molecule has 1 N–H and O–H groups in total. The molecule has 5 rings (SSSR count). The molecule has 0 atom stereocenters. The minimum Gasteiger partial charge on any atom is -0.317 e. The number of sulfone groups is 1. The molecular weight excluding hydrogens is 458 g/mol. The Hall–Kier alpha value is -3.50.